The molecule has 0 saturated heterocycles. The Morgan fingerprint density at radius 3 is 2.40 bits per heavy atom. The molecule has 0 saturated carbocycles. The smallest absolute Gasteiger partial charge is 0.145 e. The SMILES string of the molecule is Cc1nn(Cc2ccccc2)c(N)c1N. The second-order valence-corrected chi connectivity index (χ2v) is 3.53. The molecule has 0 radical (unpaired) electrons. The molecule has 0 aliphatic rings. The fraction of sp³-hybridized carbons (Fsp3) is 0.182. The molecule has 4 heteroatoms. The van der Waals surface area contributed by atoms with Crippen LogP contribution in [-0.2, 0) is 6.54 Å². The molecule has 0 aliphatic heterocycles. The lowest BCUT2D eigenvalue weighted by molar-refractivity contribution is 0.689. The summed E-state index contributed by atoms with van der Waals surface area (Å²) in [5.41, 5.74) is 14.1. The molecule has 0 atom stereocenters. The van der Waals surface area contributed by atoms with Gasteiger partial charge in [-0.15, -0.1) is 0 Å². The highest BCUT2D eigenvalue weighted by atomic mass is 15.3. The van der Waals surface area contributed by atoms with Gasteiger partial charge in [-0.1, -0.05) is 30.3 Å². The van der Waals surface area contributed by atoms with Crippen LogP contribution in [0.25, 0.3) is 0 Å². The lowest BCUT2D eigenvalue weighted by Gasteiger charge is -2.03. The third kappa shape index (κ3) is 1.79. The van der Waals surface area contributed by atoms with Crippen molar-refractivity contribution in [1.82, 2.24) is 9.78 Å². The van der Waals surface area contributed by atoms with Crippen LogP contribution < -0.4 is 11.5 Å². The van der Waals surface area contributed by atoms with Crippen molar-refractivity contribution in [3.63, 3.8) is 0 Å². The molecule has 1 aromatic carbocycles. The highest BCUT2D eigenvalue weighted by molar-refractivity contribution is 5.61. The second-order valence-electron chi connectivity index (χ2n) is 3.53. The number of hydrogen-bond acceptors (Lipinski definition) is 3. The van der Waals surface area contributed by atoms with Crippen molar-refractivity contribution < 1.29 is 0 Å². The number of rotatable bonds is 2. The molecule has 4 nitrogen and oxygen atoms in total. The summed E-state index contributed by atoms with van der Waals surface area (Å²) in [6.07, 6.45) is 0. The Hall–Kier alpha value is -1.97. The van der Waals surface area contributed by atoms with Gasteiger partial charge in [0.1, 0.15) is 5.82 Å². The quantitative estimate of drug-likeness (QED) is 0.773. The van der Waals surface area contributed by atoms with E-state index < -0.39 is 0 Å². The van der Waals surface area contributed by atoms with Crippen molar-refractivity contribution in [2.75, 3.05) is 11.5 Å². The van der Waals surface area contributed by atoms with Crippen molar-refractivity contribution in [3.05, 3.63) is 41.6 Å². The lowest BCUT2D eigenvalue weighted by Crippen LogP contribution is -2.06. The summed E-state index contributed by atoms with van der Waals surface area (Å²) in [4.78, 5) is 0. The van der Waals surface area contributed by atoms with Gasteiger partial charge in [-0.25, -0.2) is 4.68 Å². The maximum Gasteiger partial charge on any atom is 0.145 e. The Morgan fingerprint density at radius 2 is 1.87 bits per heavy atom. The van der Waals surface area contributed by atoms with E-state index >= 15 is 0 Å². The van der Waals surface area contributed by atoms with Crippen LogP contribution in [0.2, 0.25) is 0 Å². The van der Waals surface area contributed by atoms with Gasteiger partial charge in [0.15, 0.2) is 0 Å². The van der Waals surface area contributed by atoms with E-state index in [1.54, 1.807) is 4.68 Å². The molecule has 0 bridgehead atoms. The molecule has 2 rings (SSSR count). The number of aryl methyl sites for hydroxylation is 1. The average Bonchev–Trinajstić information content (AvgIpc) is 2.48. The molecule has 1 heterocycles. The van der Waals surface area contributed by atoms with Gasteiger partial charge in [0, 0.05) is 0 Å². The van der Waals surface area contributed by atoms with Gasteiger partial charge in [-0.05, 0) is 12.5 Å². The molecule has 0 unspecified atom stereocenters. The molecule has 0 fully saturated rings. The van der Waals surface area contributed by atoms with Crippen LogP contribution in [0.5, 0.6) is 0 Å². The highest BCUT2D eigenvalue weighted by Gasteiger charge is 2.08. The van der Waals surface area contributed by atoms with Gasteiger partial charge in [-0.2, -0.15) is 5.10 Å². The number of nitrogens with two attached hydrogens (primary N) is 2. The van der Waals surface area contributed by atoms with E-state index in [-0.39, 0.29) is 0 Å². The standard InChI is InChI=1S/C11H14N4/c1-8-10(12)11(13)15(14-8)7-9-5-3-2-4-6-9/h2-6H,7,12-13H2,1H3. The van der Waals surface area contributed by atoms with Crippen LogP contribution in [0.1, 0.15) is 11.3 Å². The van der Waals surface area contributed by atoms with Crippen LogP contribution in [0.4, 0.5) is 11.5 Å². The molecule has 0 spiro atoms. The van der Waals surface area contributed by atoms with Crippen molar-refractivity contribution in [3.8, 4) is 0 Å². The minimum absolute atomic E-state index is 0.538. The zero-order chi connectivity index (χ0) is 10.8. The Kier molecular flexibility index (Phi) is 2.33. The topological polar surface area (TPSA) is 69.9 Å². The number of hydrogen-bond donors (Lipinski definition) is 2. The van der Waals surface area contributed by atoms with E-state index in [0.29, 0.717) is 18.1 Å². The Bertz CT molecular complexity index is 459. The summed E-state index contributed by atoms with van der Waals surface area (Å²) in [5, 5.41) is 4.27. The summed E-state index contributed by atoms with van der Waals surface area (Å²) >= 11 is 0. The first kappa shape index (κ1) is 9.58. The van der Waals surface area contributed by atoms with Gasteiger partial charge in [0.2, 0.25) is 0 Å². The van der Waals surface area contributed by atoms with Gasteiger partial charge in [-0.3, -0.25) is 0 Å². The van der Waals surface area contributed by atoms with Crippen LogP contribution in [-0.4, -0.2) is 9.78 Å². The maximum atomic E-state index is 5.83. The Balaban J connectivity index is 2.29. The third-order valence-corrected chi connectivity index (χ3v) is 2.39. The van der Waals surface area contributed by atoms with Crippen LogP contribution >= 0.6 is 0 Å². The minimum Gasteiger partial charge on any atom is -0.394 e. The predicted octanol–water partition coefficient (Wildman–Crippen LogP) is 1.40. The molecule has 15 heavy (non-hydrogen) atoms. The summed E-state index contributed by atoms with van der Waals surface area (Å²) in [7, 11) is 0. The van der Waals surface area contributed by atoms with Crippen molar-refractivity contribution in [2.45, 2.75) is 13.5 Å². The average molecular weight is 202 g/mol. The molecular weight excluding hydrogens is 188 g/mol. The minimum atomic E-state index is 0.538. The van der Waals surface area contributed by atoms with E-state index in [4.69, 9.17) is 11.5 Å². The first-order chi connectivity index (χ1) is 7.18. The fourth-order valence-corrected chi connectivity index (χ4v) is 1.49. The number of nitrogens with zero attached hydrogens (tertiary/aromatic N) is 2. The Labute approximate surface area is 88.5 Å². The van der Waals surface area contributed by atoms with E-state index in [0.717, 1.165) is 11.3 Å². The van der Waals surface area contributed by atoms with Gasteiger partial charge >= 0.3 is 0 Å². The van der Waals surface area contributed by atoms with Crippen LogP contribution in [0, 0.1) is 6.92 Å². The zero-order valence-corrected chi connectivity index (χ0v) is 8.64. The number of anilines is 2. The van der Waals surface area contributed by atoms with Crippen LogP contribution in [0.3, 0.4) is 0 Å². The third-order valence-electron chi connectivity index (χ3n) is 2.39. The van der Waals surface area contributed by atoms with E-state index in [9.17, 15) is 0 Å². The van der Waals surface area contributed by atoms with Crippen molar-refractivity contribution >= 4 is 11.5 Å². The Morgan fingerprint density at radius 1 is 1.20 bits per heavy atom. The van der Waals surface area contributed by atoms with Crippen LogP contribution in [0.15, 0.2) is 30.3 Å². The second kappa shape index (κ2) is 3.65. The summed E-state index contributed by atoms with van der Waals surface area (Å²) < 4.78 is 1.72. The molecule has 1 aromatic heterocycles. The van der Waals surface area contributed by atoms with Gasteiger partial charge in [0.05, 0.1) is 17.9 Å². The number of aromatic nitrogens is 2. The van der Waals surface area contributed by atoms with Gasteiger partial charge in [0.25, 0.3) is 0 Å². The zero-order valence-electron chi connectivity index (χ0n) is 8.64. The predicted molar refractivity (Wildman–Crippen MR) is 61.3 cm³/mol. The number of benzene rings is 1. The molecule has 0 amide bonds. The van der Waals surface area contributed by atoms with Crippen molar-refractivity contribution in [1.29, 1.82) is 0 Å². The normalized spacial score (nSPS) is 10.5. The van der Waals surface area contributed by atoms with Gasteiger partial charge < -0.3 is 11.5 Å². The highest BCUT2D eigenvalue weighted by Crippen LogP contribution is 2.19. The fourth-order valence-electron chi connectivity index (χ4n) is 1.49. The molecule has 78 valence electrons. The summed E-state index contributed by atoms with van der Waals surface area (Å²) in [5.74, 6) is 0.538. The summed E-state index contributed by atoms with van der Waals surface area (Å²) in [6, 6.07) is 10.0. The first-order valence-corrected chi connectivity index (χ1v) is 4.81. The van der Waals surface area contributed by atoms with E-state index in [2.05, 4.69) is 5.10 Å². The molecule has 0 aliphatic carbocycles. The molecule has 2 aromatic rings. The van der Waals surface area contributed by atoms with E-state index in [1.165, 1.54) is 0 Å². The molecule has 4 N–H and O–H groups in total. The largest absolute Gasteiger partial charge is 0.394 e. The summed E-state index contributed by atoms with van der Waals surface area (Å²) in [6.45, 7) is 2.51. The maximum absolute atomic E-state index is 5.83. The van der Waals surface area contributed by atoms with E-state index in [1.807, 2.05) is 37.3 Å². The monoisotopic (exact) mass is 202 g/mol. The van der Waals surface area contributed by atoms with Crippen molar-refractivity contribution in [2.24, 2.45) is 0 Å². The lowest BCUT2D eigenvalue weighted by atomic mass is 10.2. The first-order valence-electron chi connectivity index (χ1n) is 4.81. The number of nitrogen functional groups attached to an aromatic ring is 2. The molecular formula is C11H14N4.